The number of ether oxygens (including phenoxy) is 2. The van der Waals surface area contributed by atoms with E-state index in [1.165, 1.54) is 25.7 Å². The molecule has 0 spiro atoms. The first-order chi connectivity index (χ1) is 11.3. The van der Waals surface area contributed by atoms with Crippen molar-refractivity contribution in [2.75, 3.05) is 20.2 Å². The Morgan fingerprint density at radius 1 is 1.22 bits per heavy atom. The van der Waals surface area contributed by atoms with Gasteiger partial charge in [-0.2, -0.15) is 0 Å². The van der Waals surface area contributed by atoms with E-state index >= 15 is 0 Å². The lowest BCUT2D eigenvalue weighted by Gasteiger charge is -2.18. The maximum Gasteiger partial charge on any atom is 0.278 e. The molecule has 1 saturated carbocycles. The van der Waals surface area contributed by atoms with Crippen molar-refractivity contribution in [3.63, 3.8) is 0 Å². The number of methoxy groups -OCH3 is 1. The summed E-state index contributed by atoms with van der Waals surface area (Å²) in [4.78, 5) is 22.5. The minimum absolute atomic E-state index is 0.0315. The van der Waals surface area contributed by atoms with Crippen molar-refractivity contribution in [3.05, 3.63) is 12.4 Å². The smallest absolute Gasteiger partial charge is 0.278 e. The maximum absolute atomic E-state index is 12.3. The molecule has 1 unspecified atom stereocenters. The Balaban J connectivity index is 1.46. The average molecular weight is 319 g/mol. The fourth-order valence-corrected chi connectivity index (χ4v) is 3.53. The number of hydrogen-bond acceptors (Lipinski definition) is 5. The Labute approximate surface area is 137 Å². The molecule has 2 heterocycles. The number of carbonyl (C=O) groups is 1. The second-order valence-electron chi connectivity index (χ2n) is 6.43. The van der Waals surface area contributed by atoms with Gasteiger partial charge >= 0.3 is 0 Å². The molecule has 0 N–H and O–H groups in total. The van der Waals surface area contributed by atoms with Gasteiger partial charge in [0.15, 0.2) is 0 Å². The second kappa shape index (κ2) is 7.62. The molecule has 2 fully saturated rings. The highest BCUT2D eigenvalue weighted by atomic mass is 16.5. The monoisotopic (exact) mass is 319 g/mol. The van der Waals surface area contributed by atoms with Gasteiger partial charge < -0.3 is 14.4 Å². The van der Waals surface area contributed by atoms with E-state index in [1.807, 2.05) is 4.90 Å². The third-order valence-electron chi connectivity index (χ3n) is 4.84. The molecule has 6 heteroatoms. The number of rotatable bonds is 6. The second-order valence-corrected chi connectivity index (χ2v) is 6.43. The minimum Gasteiger partial charge on any atom is -0.477 e. The molecule has 1 aromatic heterocycles. The summed E-state index contributed by atoms with van der Waals surface area (Å²) in [5.74, 6) is 1.81. The van der Waals surface area contributed by atoms with Crippen molar-refractivity contribution < 1.29 is 14.3 Å². The molecule has 1 aromatic rings. The molecule has 2 aliphatic rings. The average Bonchev–Trinajstić information content (AvgIpc) is 3.25. The van der Waals surface area contributed by atoms with E-state index in [2.05, 4.69) is 9.97 Å². The summed E-state index contributed by atoms with van der Waals surface area (Å²) >= 11 is 0. The van der Waals surface area contributed by atoms with Crippen molar-refractivity contribution in [2.24, 2.45) is 5.92 Å². The van der Waals surface area contributed by atoms with Crippen molar-refractivity contribution in [2.45, 2.75) is 51.0 Å². The van der Waals surface area contributed by atoms with Crippen LogP contribution in [0.3, 0.4) is 0 Å². The molecule has 1 aliphatic carbocycles. The van der Waals surface area contributed by atoms with Crippen LogP contribution in [0.4, 0.5) is 0 Å². The van der Waals surface area contributed by atoms with Gasteiger partial charge in [-0.25, -0.2) is 9.97 Å². The highest BCUT2D eigenvalue weighted by molar-refractivity contribution is 5.76. The molecule has 1 amide bonds. The summed E-state index contributed by atoms with van der Waals surface area (Å²) in [7, 11) is 1.55. The highest BCUT2D eigenvalue weighted by Crippen LogP contribution is 2.29. The van der Waals surface area contributed by atoms with Crippen LogP contribution in [0.5, 0.6) is 11.8 Å². The molecule has 126 valence electrons. The fraction of sp³-hybridized carbons (Fsp3) is 0.706. The van der Waals surface area contributed by atoms with Gasteiger partial charge in [-0.3, -0.25) is 4.79 Å². The topological polar surface area (TPSA) is 64.6 Å². The number of nitrogens with zero attached hydrogens (tertiary/aromatic N) is 3. The lowest BCUT2D eigenvalue weighted by molar-refractivity contribution is -0.130. The predicted octanol–water partition coefficient (Wildman–Crippen LogP) is 2.44. The molecule has 6 nitrogen and oxygen atoms in total. The zero-order valence-electron chi connectivity index (χ0n) is 13.7. The third-order valence-corrected chi connectivity index (χ3v) is 4.84. The predicted molar refractivity (Wildman–Crippen MR) is 85.4 cm³/mol. The van der Waals surface area contributed by atoms with E-state index < -0.39 is 0 Å². The van der Waals surface area contributed by atoms with Crippen LogP contribution in [0.2, 0.25) is 0 Å². The summed E-state index contributed by atoms with van der Waals surface area (Å²) in [6.07, 6.45) is 10.9. The van der Waals surface area contributed by atoms with Crippen LogP contribution >= 0.6 is 0 Å². The number of amides is 1. The zero-order chi connectivity index (χ0) is 16.1. The van der Waals surface area contributed by atoms with Gasteiger partial charge in [0.2, 0.25) is 5.91 Å². The Hall–Kier alpha value is -1.85. The molecule has 23 heavy (non-hydrogen) atoms. The van der Waals surface area contributed by atoms with E-state index in [1.54, 1.807) is 19.5 Å². The Morgan fingerprint density at radius 3 is 2.70 bits per heavy atom. The molecule has 3 rings (SSSR count). The van der Waals surface area contributed by atoms with Crippen molar-refractivity contribution in [1.29, 1.82) is 0 Å². The van der Waals surface area contributed by atoms with Crippen LogP contribution in [0.15, 0.2) is 12.4 Å². The molecule has 1 atom stereocenters. The zero-order valence-corrected chi connectivity index (χ0v) is 13.7. The van der Waals surface area contributed by atoms with Gasteiger partial charge in [-0.1, -0.05) is 25.7 Å². The number of hydrogen-bond donors (Lipinski definition) is 0. The summed E-state index contributed by atoms with van der Waals surface area (Å²) < 4.78 is 11.0. The Bertz CT molecular complexity index is 532. The molecular weight excluding hydrogens is 294 g/mol. The largest absolute Gasteiger partial charge is 0.477 e. The van der Waals surface area contributed by atoms with Gasteiger partial charge in [-0.05, 0) is 12.3 Å². The van der Waals surface area contributed by atoms with Gasteiger partial charge in [0.05, 0.1) is 13.7 Å². The fourth-order valence-electron chi connectivity index (χ4n) is 3.53. The summed E-state index contributed by atoms with van der Waals surface area (Å²) in [6, 6.07) is 0. The first-order valence-corrected chi connectivity index (χ1v) is 8.55. The van der Waals surface area contributed by atoms with E-state index in [4.69, 9.17) is 9.47 Å². The van der Waals surface area contributed by atoms with Crippen molar-refractivity contribution in [3.8, 4) is 11.8 Å². The van der Waals surface area contributed by atoms with Crippen LogP contribution in [-0.4, -0.2) is 47.1 Å². The Morgan fingerprint density at radius 2 is 1.96 bits per heavy atom. The summed E-state index contributed by atoms with van der Waals surface area (Å²) in [5, 5.41) is 0. The third kappa shape index (κ3) is 4.12. The quantitative estimate of drug-likeness (QED) is 0.806. The molecule has 0 bridgehead atoms. The van der Waals surface area contributed by atoms with Crippen LogP contribution in [0.25, 0.3) is 0 Å². The molecular formula is C17H25N3O3. The number of likely N-dealkylation sites (tertiary alicyclic amines) is 1. The number of aromatic nitrogens is 2. The normalized spacial score (nSPS) is 21.6. The van der Waals surface area contributed by atoms with E-state index in [0.717, 1.165) is 25.3 Å². The standard InChI is InChI=1S/C17H25N3O3/c1-22-16-17(19-10-9-18-16)23-14-8-11-20(12-14)15(21)7-6-13-4-2-3-5-13/h9-10,13-14H,2-8,11-12H2,1H3. The van der Waals surface area contributed by atoms with E-state index in [0.29, 0.717) is 24.7 Å². The first-order valence-electron chi connectivity index (χ1n) is 8.55. The van der Waals surface area contributed by atoms with Crippen molar-refractivity contribution >= 4 is 5.91 Å². The maximum atomic E-state index is 12.3. The molecule has 1 saturated heterocycles. The van der Waals surface area contributed by atoms with E-state index in [-0.39, 0.29) is 12.0 Å². The van der Waals surface area contributed by atoms with Gasteiger partial charge in [0.25, 0.3) is 11.8 Å². The summed E-state index contributed by atoms with van der Waals surface area (Å²) in [5.41, 5.74) is 0. The van der Waals surface area contributed by atoms with Gasteiger partial charge in [-0.15, -0.1) is 0 Å². The van der Waals surface area contributed by atoms with Crippen molar-refractivity contribution in [1.82, 2.24) is 14.9 Å². The first kappa shape index (κ1) is 16.0. The molecule has 1 aliphatic heterocycles. The van der Waals surface area contributed by atoms with Crippen LogP contribution in [-0.2, 0) is 4.79 Å². The SMILES string of the molecule is COc1nccnc1OC1CCN(C(=O)CCC2CCCC2)C1. The minimum atomic E-state index is -0.0315. The molecule has 0 aromatic carbocycles. The van der Waals surface area contributed by atoms with Gasteiger partial charge in [0, 0.05) is 31.8 Å². The Kier molecular flexibility index (Phi) is 5.31. The van der Waals surface area contributed by atoms with Gasteiger partial charge in [0.1, 0.15) is 6.10 Å². The lowest BCUT2D eigenvalue weighted by atomic mass is 10.0. The van der Waals surface area contributed by atoms with Crippen LogP contribution in [0.1, 0.15) is 44.9 Å². The van der Waals surface area contributed by atoms with Crippen LogP contribution in [0, 0.1) is 5.92 Å². The number of carbonyl (C=O) groups excluding carboxylic acids is 1. The van der Waals surface area contributed by atoms with Crippen LogP contribution < -0.4 is 9.47 Å². The highest BCUT2D eigenvalue weighted by Gasteiger charge is 2.29. The lowest BCUT2D eigenvalue weighted by Crippen LogP contribution is -2.31. The van der Waals surface area contributed by atoms with E-state index in [9.17, 15) is 4.79 Å². The summed E-state index contributed by atoms with van der Waals surface area (Å²) in [6.45, 7) is 1.39. The molecule has 0 radical (unpaired) electrons.